The summed E-state index contributed by atoms with van der Waals surface area (Å²) in [6.07, 6.45) is 0.337. The van der Waals surface area contributed by atoms with E-state index in [4.69, 9.17) is 4.74 Å². The van der Waals surface area contributed by atoms with Crippen molar-refractivity contribution in [1.82, 2.24) is 9.78 Å². The molecule has 0 amide bonds. The molecule has 11 heavy (non-hydrogen) atoms. The van der Waals surface area contributed by atoms with Crippen LogP contribution in [0, 0.1) is 13.8 Å². The Hall–Kier alpha value is -0.830. The number of epoxide rings is 1. The van der Waals surface area contributed by atoms with E-state index in [1.54, 1.807) is 0 Å². The molecule has 2 rings (SSSR count). The van der Waals surface area contributed by atoms with Gasteiger partial charge in [0.05, 0.1) is 12.3 Å². The molecule has 0 spiro atoms. The van der Waals surface area contributed by atoms with E-state index in [0.29, 0.717) is 6.10 Å². The Bertz CT molecular complexity index is 287. The maximum absolute atomic E-state index is 5.22. The molecule has 2 heterocycles. The largest absolute Gasteiger partial charge is 0.368 e. The molecule has 0 unspecified atom stereocenters. The van der Waals surface area contributed by atoms with E-state index < -0.39 is 0 Å². The zero-order valence-corrected chi connectivity index (χ0v) is 7.09. The van der Waals surface area contributed by atoms with Crippen LogP contribution in [0.2, 0.25) is 0 Å². The summed E-state index contributed by atoms with van der Waals surface area (Å²) in [4.78, 5) is 0. The van der Waals surface area contributed by atoms with Gasteiger partial charge in [-0.15, -0.1) is 0 Å². The molecule has 0 N–H and O–H groups in total. The Morgan fingerprint density at radius 1 is 1.55 bits per heavy atom. The molecule has 0 saturated carbocycles. The second kappa shape index (κ2) is 2.08. The van der Waals surface area contributed by atoms with Crippen molar-refractivity contribution in [3.05, 3.63) is 17.0 Å². The van der Waals surface area contributed by atoms with Gasteiger partial charge in [-0.25, -0.2) is 0 Å². The van der Waals surface area contributed by atoms with Crippen LogP contribution >= 0.6 is 0 Å². The van der Waals surface area contributed by atoms with E-state index in [-0.39, 0.29) is 0 Å². The molecule has 1 aromatic heterocycles. The number of rotatable bonds is 1. The highest BCUT2D eigenvalue weighted by atomic mass is 16.6. The first-order chi connectivity index (χ1) is 5.20. The minimum absolute atomic E-state index is 0.337. The maximum atomic E-state index is 5.22. The molecule has 3 heteroatoms. The summed E-state index contributed by atoms with van der Waals surface area (Å²) in [5.74, 6) is 0. The zero-order valence-electron chi connectivity index (χ0n) is 7.09. The monoisotopic (exact) mass is 152 g/mol. The van der Waals surface area contributed by atoms with Crippen molar-refractivity contribution in [3.8, 4) is 0 Å². The van der Waals surface area contributed by atoms with Gasteiger partial charge >= 0.3 is 0 Å². The molecule has 1 aliphatic rings. The standard InChI is InChI=1S/C8H12N2O/c1-5-8(7-4-11-7)6(2)10(3)9-5/h7H,4H2,1-3H3/t7-/m0/s1. The third kappa shape index (κ3) is 0.959. The summed E-state index contributed by atoms with van der Waals surface area (Å²) in [7, 11) is 1.97. The molecule has 3 nitrogen and oxygen atoms in total. The molecule has 1 saturated heterocycles. The first kappa shape index (κ1) is 6.85. The number of hydrogen-bond acceptors (Lipinski definition) is 2. The molecule has 0 aromatic carbocycles. The molecule has 0 radical (unpaired) electrons. The Balaban J connectivity index is 2.50. The SMILES string of the molecule is Cc1nn(C)c(C)c1[C@@H]1CO1. The molecule has 1 aliphatic heterocycles. The Labute approximate surface area is 66.0 Å². The van der Waals surface area contributed by atoms with Gasteiger partial charge in [0.25, 0.3) is 0 Å². The van der Waals surface area contributed by atoms with Crippen LogP contribution in [-0.2, 0) is 11.8 Å². The van der Waals surface area contributed by atoms with Crippen molar-refractivity contribution in [3.63, 3.8) is 0 Å². The first-order valence-corrected chi connectivity index (χ1v) is 3.82. The number of ether oxygens (including phenoxy) is 1. The predicted molar refractivity (Wildman–Crippen MR) is 41.4 cm³/mol. The van der Waals surface area contributed by atoms with E-state index >= 15 is 0 Å². The van der Waals surface area contributed by atoms with E-state index in [2.05, 4.69) is 12.0 Å². The van der Waals surface area contributed by atoms with E-state index in [1.165, 1.54) is 11.3 Å². The van der Waals surface area contributed by atoms with Crippen LogP contribution in [-0.4, -0.2) is 16.4 Å². The lowest BCUT2D eigenvalue weighted by atomic mass is 10.1. The van der Waals surface area contributed by atoms with Crippen molar-refractivity contribution in [2.24, 2.45) is 7.05 Å². The van der Waals surface area contributed by atoms with Gasteiger partial charge < -0.3 is 4.74 Å². The number of aromatic nitrogens is 2. The highest BCUT2D eigenvalue weighted by molar-refractivity contribution is 5.29. The summed E-state index contributed by atoms with van der Waals surface area (Å²) < 4.78 is 7.13. The van der Waals surface area contributed by atoms with E-state index in [1.807, 2.05) is 18.7 Å². The Morgan fingerprint density at radius 2 is 2.18 bits per heavy atom. The lowest BCUT2D eigenvalue weighted by Gasteiger charge is -1.94. The van der Waals surface area contributed by atoms with Crippen LogP contribution < -0.4 is 0 Å². The van der Waals surface area contributed by atoms with Gasteiger partial charge in [-0.3, -0.25) is 4.68 Å². The highest BCUT2D eigenvalue weighted by Gasteiger charge is 2.30. The lowest BCUT2D eigenvalue weighted by molar-refractivity contribution is 0.414. The van der Waals surface area contributed by atoms with Crippen molar-refractivity contribution >= 4 is 0 Å². The topological polar surface area (TPSA) is 30.4 Å². The average Bonchev–Trinajstić information content (AvgIpc) is 2.68. The fourth-order valence-corrected chi connectivity index (χ4v) is 1.47. The van der Waals surface area contributed by atoms with Crippen LogP contribution in [0.25, 0.3) is 0 Å². The molecular weight excluding hydrogens is 140 g/mol. The van der Waals surface area contributed by atoms with Gasteiger partial charge in [0.15, 0.2) is 0 Å². The molecule has 1 fully saturated rings. The maximum Gasteiger partial charge on any atom is 0.110 e. The summed E-state index contributed by atoms with van der Waals surface area (Å²) >= 11 is 0. The van der Waals surface area contributed by atoms with Gasteiger partial charge in [0.2, 0.25) is 0 Å². The van der Waals surface area contributed by atoms with Crippen LogP contribution in [0.15, 0.2) is 0 Å². The quantitative estimate of drug-likeness (QED) is 0.564. The minimum atomic E-state index is 0.337. The average molecular weight is 152 g/mol. The molecular formula is C8H12N2O. The number of nitrogens with zero attached hydrogens (tertiary/aromatic N) is 2. The zero-order chi connectivity index (χ0) is 8.01. The summed E-state index contributed by atoms with van der Waals surface area (Å²) in [6.45, 7) is 4.98. The second-order valence-corrected chi connectivity index (χ2v) is 3.03. The van der Waals surface area contributed by atoms with Crippen LogP contribution in [0.1, 0.15) is 23.1 Å². The lowest BCUT2D eigenvalue weighted by Crippen LogP contribution is -1.93. The molecule has 0 aliphatic carbocycles. The van der Waals surface area contributed by atoms with Crippen molar-refractivity contribution < 1.29 is 4.74 Å². The third-order valence-electron chi connectivity index (χ3n) is 2.22. The van der Waals surface area contributed by atoms with Crippen LogP contribution in [0.4, 0.5) is 0 Å². The smallest absolute Gasteiger partial charge is 0.110 e. The van der Waals surface area contributed by atoms with Crippen molar-refractivity contribution in [2.45, 2.75) is 20.0 Å². The van der Waals surface area contributed by atoms with Crippen molar-refractivity contribution in [2.75, 3.05) is 6.61 Å². The fourth-order valence-electron chi connectivity index (χ4n) is 1.47. The first-order valence-electron chi connectivity index (χ1n) is 3.82. The van der Waals surface area contributed by atoms with Gasteiger partial charge in [-0.2, -0.15) is 5.10 Å². The summed E-state index contributed by atoms with van der Waals surface area (Å²) in [6, 6.07) is 0. The number of hydrogen-bond donors (Lipinski definition) is 0. The van der Waals surface area contributed by atoms with E-state index in [9.17, 15) is 0 Å². The minimum Gasteiger partial charge on any atom is -0.368 e. The second-order valence-electron chi connectivity index (χ2n) is 3.03. The Kier molecular flexibility index (Phi) is 1.29. The summed E-state index contributed by atoms with van der Waals surface area (Å²) in [5.41, 5.74) is 3.62. The van der Waals surface area contributed by atoms with E-state index in [0.717, 1.165) is 12.3 Å². The molecule has 1 aromatic rings. The third-order valence-corrected chi connectivity index (χ3v) is 2.22. The Morgan fingerprint density at radius 3 is 2.55 bits per heavy atom. The molecule has 60 valence electrons. The number of aryl methyl sites for hydroxylation is 2. The van der Waals surface area contributed by atoms with Gasteiger partial charge in [0, 0.05) is 18.3 Å². The van der Waals surface area contributed by atoms with Gasteiger partial charge in [0.1, 0.15) is 6.10 Å². The van der Waals surface area contributed by atoms with Crippen molar-refractivity contribution in [1.29, 1.82) is 0 Å². The van der Waals surface area contributed by atoms with Gasteiger partial charge in [-0.05, 0) is 13.8 Å². The van der Waals surface area contributed by atoms with Crippen LogP contribution in [0.5, 0.6) is 0 Å². The predicted octanol–water partition coefficient (Wildman–Crippen LogP) is 1.11. The summed E-state index contributed by atoms with van der Waals surface area (Å²) in [5, 5.41) is 4.31. The molecule has 0 bridgehead atoms. The highest BCUT2D eigenvalue weighted by Crippen LogP contribution is 2.33. The fraction of sp³-hybridized carbons (Fsp3) is 0.625. The van der Waals surface area contributed by atoms with Crippen LogP contribution in [0.3, 0.4) is 0 Å². The normalized spacial score (nSPS) is 22.3. The van der Waals surface area contributed by atoms with Gasteiger partial charge in [-0.1, -0.05) is 0 Å². The molecule has 1 atom stereocenters.